The number of nitrogens with two attached hydrogens (primary N) is 1. The fourth-order valence-electron chi connectivity index (χ4n) is 0.394. The standard InChI is InChI=1S/C5H10N2O3S/c1-2-11(10)3-4(8)5(9)7-6/h2-3,6H2,1H3,(H,7,9). The second kappa shape index (κ2) is 4.97. The number of Topliss-reactive ketones (excluding diaryl/α,β-unsaturated/α-hetero) is 1. The summed E-state index contributed by atoms with van der Waals surface area (Å²) in [5, 5.41) is 0. The van der Waals surface area contributed by atoms with Crippen LogP contribution < -0.4 is 11.3 Å². The predicted octanol–water partition coefficient (Wildman–Crippen LogP) is -1.69. The summed E-state index contributed by atoms with van der Waals surface area (Å²) < 4.78 is 10.7. The molecule has 0 aromatic carbocycles. The van der Waals surface area contributed by atoms with Crippen molar-refractivity contribution in [3.63, 3.8) is 0 Å². The van der Waals surface area contributed by atoms with Gasteiger partial charge in [-0.05, 0) is 0 Å². The number of rotatable bonds is 4. The summed E-state index contributed by atoms with van der Waals surface area (Å²) in [5.74, 6) is 3.15. The molecule has 6 heteroatoms. The number of amides is 1. The zero-order valence-corrected chi connectivity index (χ0v) is 6.94. The van der Waals surface area contributed by atoms with E-state index in [-0.39, 0.29) is 5.75 Å². The van der Waals surface area contributed by atoms with Crippen LogP contribution in [0.4, 0.5) is 0 Å². The summed E-state index contributed by atoms with van der Waals surface area (Å²) in [6, 6.07) is 0. The lowest BCUT2D eigenvalue weighted by molar-refractivity contribution is -0.136. The molecule has 5 nitrogen and oxygen atoms in total. The van der Waals surface area contributed by atoms with Crippen molar-refractivity contribution >= 4 is 22.5 Å². The highest BCUT2D eigenvalue weighted by atomic mass is 32.2. The Morgan fingerprint density at radius 3 is 2.45 bits per heavy atom. The van der Waals surface area contributed by atoms with E-state index in [9.17, 15) is 13.8 Å². The lowest BCUT2D eigenvalue weighted by atomic mass is 10.4. The summed E-state index contributed by atoms with van der Waals surface area (Å²) in [5.41, 5.74) is 1.67. The molecule has 0 fully saturated rings. The second-order valence-electron chi connectivity index (χ2n) is 1.77. The molecule has 64 valence electrons. The lowest BCUT2D eigenvalue weighted by Gasteiger charge is -1.96. The Morgan fingerprint density at radius 1 is 1.55 bits per heavy atom. The van der Waals surface area contributed by atoms with Crippen LogP contribution in [-0.2, 0) is 20.4 Å². The maximum Gasteiger partial charge on any atom is 0.302 e. The topological polar surface area (TPSA) is 89.3 Å². The van der Waals surface area contributed by atoms with Crippen LogP contribution in [0.25, 0.3) is 0 Å². The third kappa shape index (κ3) is 3.84. The molecule has 0 spiro atoms. The van der Waals surface area contributed by atoms with Gasteiger partial charge in [0.15, 0.2) is 0 Å². The van der Waals surface area contributed by atoms with E-state index in [2.05, 4.69) is 5.84 Å². The van der Waals surface area contributed by atoms with Crippen molar-refractivity contribution in [3.05, 3.63) is 0 Å². The van der Waals surface area contributed by atoms with Gasteiger partial charge in [-0.15, -0.1) is 0 Å². The largest absolute Gasteiger partial charge is 0.302 e. The summed E-state index contributed by atoms with van der Waals surface area (Å²) in [7, 11) is -1.25. The molecule has 0 radical (unpaired) electrons. The van der Waals surface area contributed by atoms with Crippen molar-refractivity contribution < 1.29 is 13.8 Å². The molecule has 1 unspecified atom stereocenters. The lowest BCUT2D eigenvalue weighted by Crippen LogP contribution is -2.38. The molecule has 0 aromatic heterocycles. The Kier molecular flexibility index (Phi) is 4.64. The molecule has 11 heavy (non-hydrogen) atoms. The normalized spacial score (nSPS) is 12.2. The van der Waals surface area contributed by atoms with Crippen LogP contribution in [-0.4, -0.2) is 27.4 Å². The molecular weight excluding hydrogens is 168 g/mol. The number of nitrogens with one attached hydrogen (secondary N) is 1. The van der Waals surface area contributed by atoms with Crippen LogP contribution in [0.1, 0.15) is 6.92 Å². The number of hydrogen-bond acceptors (Lipinski definition) is 4. The van der Waals surface area contributed by atoms with E-state index in [0.29, 0.717) is 5.75 Å². The molecule has 0 heterocycles. The molecule has 3 N–H and O–H groups in total. The maximum atomic E-state index is 10.7. The Bertz CT molecular complexity index is 192. The van der Waals surface area contributed by atoms with E-state index in [4.69, 9.17) is 0 Å². The van der Waals surface area contributed by atoms with Gasteiger partial charge in [0.1, 0.15) is 0 Å². The smallest absolute Gasteiger partial charge is 0.288 e. The van der Waals surface area contributed by atoms with Crippen LogP contribution in [0.15, 0.2) is 0 Å². The average Bonchev–Trinajstić information content (AvgIpc) is 2.02. The van der Waals surface area contributed by atoms with Gasteiger partial charge in [-0.2, -0.15) is 0 Å². The number of hydrazine groups is 1. The Balaban J connectivity index is 3.88. The van der Waals surface area contributed by atoms with E-state index < -0.39 is 22.5 Å². The van der Waals surface area contributed by atoms with Gasteiger partial charge in [0.25, 0.3) is 0 Å². The van der Waals surface area contributed by atoms with Crippen LogP contribution in [0.2, 0.25) is 0 Å². The molecule has 0 rings (SSSR count). The van der Waals surface area contributed by atoms with Gasteiger partial charge in [0.05, 0.1) is 5.75 Å². The zero-order chi connectivity index (χ0) is 8.85. The minimum absolute atomic E-state index is 0.250. The molecule has 0 saturated carbocycles. The number of hydrogen-bond donors (Lipinski definition) is 2. The molecule has 0 aromatic rings. The molecule has 1 amide bonds. The number of carbonyl (C=O) groups excluding carboxylic acids is 2. The maximum absolute atomic E-state index is 10.7. The van der Waals surface area contributed by atoms with E-state index in [1.54, 1.807) is 12.3 Å². The highest BCUT2D eigenvalue weighted by Gasteiger charge is 2.13. The quantitative estimate of drug-likeness (QED) is 0.233. The molecular formula is C5H10N2O3S. The molecule has 0 bridgehead atoms. The Labute approximate surface area is 66.8 Å². The average molecular weight is 178 g/mol. The molecule has 1 atom stereocenters. The monoisotopic (exact) mass is 178 g/mol. The molecule has 0 aliphatic heterocycles. The van der Waals surface area contributed by atoms with Crippen LogP contribution in [0.5, 0.6) is 0 Å². The van der Waals surface area contributed by atoms with Gasteiger partial charge in [-0.25, -0.2) is 5.84 Å². The Hall–Kier alpha value is -0.750. The summed E-state index contributed by atoms with van der Waals surface area (Å²) in [6.07, 6.45) is 0. The first-order chi connectivity index (χ1) is 5.11. The molecule has 0 aliphatic carbocycles. The Morgan fingerprint density at radius 2 is 2.09 bits per heavy atom. The van der Waals surface area contributed by atoms with Crippen molar-refractivity contribution in [2.45, 2.75) is 6.92 Å². The van der Waals surface area contributed by atoms with E-state index in [1.165, 1.54) is 0 Å². The van der Waals surface area contributed by atoms with Gasteiger partial charge >= 0.3 is 5.91 Å². The van der Waals surface area contributed by atoms with Crippen LogP contribution in [0.3, 0.4) is 0 Å². The first-order valence-corrected chi connectivity index (χ1v) is 4.49. The molecule has 0 aliphatic rings. The third-order valence-corrected chi connectivity index (χ3v) is 2.23. The van der Waals surface area contributed by atoms with Crippen molar-refractivity contribution in [1.29, 1.82) is 0 Å². The SMILES string of the molecule is CCS(=O)CC(=O)C(=O)NN. The highest BCUT2D eigenvalue weighted by Crippen LogP contribution is 1.82. The molecule has 0 saturated heterocycles. The predicted molar refractivity (Wildman–Crippen MR) is 40.9 cm³/mol. The van der Waals surface area contributed by atoms with Crippen molar-refractivity contribution in [2.24, 2.45) is 5.84 Å². The van der Waals surface area contributed by atoms with Crippen LogP contribution >= 0.6 is 0 Å². The fourth-order valence-corrected chi connectivity index (χ4v) is 1.02. The minimum atomic E-state index is -1.25. The number of carbonyl (C=O) groups is 2. The van der Waals surface area contributed by atoms with Crippen molar-refractivity contribution in [3.8, 4) is 0 Å². The van der Waals surface area contributed by atoms with Crippen LogP contribution in [0, 0.1) is 0 Å². The van der Waals surface area contributed by atoms with Gasteiger partial charge < -0.3 is 0 Å². The summed E-state index contributed by atoms with van der Waals surface area (Å²) in [4.78, 5) is 21.1. The first-order valence-electron chi connectivity index (χ1n) is 3.00. The van der Waals surface area contributed by atoms with Gasteiger partial charge in [0, 0.05) is 16.6 Å². The zero-order valence-electron chi connectivity index (χ0n) is 6.12. The third-order valence-electron chi connectivity index (χ3n) is 0.998. The first kappa shape index (κ1) is 10.2. The van der Waals surface area contributed by atoms with Gasteiger partial charge in [-0.3, -0.25) is 19.2 Å². The second-order valence-corrected chi connectivity index (χ2v) is 3.52. The number of ketones is 1. The summed E-state index contributed by atoms with van der Waals surface area (Å²) >= 11 is 0. The van der Waals surface area contributed by atoms with E-state index >= 15 is 0 Å². The van der Waals surface area contributed by atoms with E-state index in [1.807, 2.05) is 0 Å². The van der Waals surface area contributed by atoms with Gasteiger partial charge in [0.2, 0.25) is 5.78 Å². The van der Waals surface area contributed by atoms with Crippen molar-refractivity contribution in [2.75, 3.05) is 11.5 Å². The summed E-state index contributed by atoms with van der Waals surface area (Å²) in [6.45, 7) is 1.67. The van der Waals surface area contributed by atoms with Gasteiger partial charge in [-0.1, -0.05) is 6.92 Å². The van der Waals surface area contributed by atoms with E-state index in [0.717, 1.165) is 0 Å². The highest BCUT2D eigenvalue weighted by molar-refractivity contribution is 7.85. The van der Waals surface area contributed by atoms with Crippen molar-refractivity contribution in [1.82, 2.24) is 5.43 Å². The fraction of sp³-hybridized carbons (Fsp3) is 0.600. The minimum Gasteiger partial charge on any atom is -0.288 e.